The van der Waals surface area contributed by atoms with E-state index in [1.54, 1.807) is 0 Å². The van der Waals surface area contributed by atoms with Crippen LogP contribution in [-0.4, -0.2) is 22.5 Å². The van der Waals surface area contributed by atoms with Crippen molar-refractivity contribution < 1.29 is 4.74 Å². The van der Waals surface area contributed by atoms with Crippen molar-refractivity contribution in [2.45, 2.75) is 18.8 Å². The van der Waals surface area contributed by atoms with Crippen molar-refractivity contribution in [3.05, 3.63) is 30.1 Å². The first-order valence-electron chi connectivity index (χ1n) is 6.39. The molecular formula is C13H16N4OS. The molecule has 0 aliphatic heterocycles. The molecule has 6 heteroatoms. The molecule has 1 aliphatic rings. The van der Waals surface area contributed by atoms with E-state index in [0.29, 0.717) is 19.1 Å². The van der Waals surface area contributed by atoms with E-state index in [2.05, 4.69) is 14.7 Å². The van der Waals surface area contributed by atoms with Gasteiger partial charge in [-0.25, -0.2) is 4.98 Å². The van der Waals surface area contributed by atoms with Crippen molar-refractivity contribution in [3.63, 3.8) is 0 Å². The normalized spacial score (nSPS) is 14.4. The quantitative estimate of drug-likeness (QED) is 0.848. The van der Waals surface area contributed by atoms with Gasteiger partial charge >= 0.3 is 0 Å². The summed E-state index contributed by atoms with van der Waals surface area (Å²) in [7, 11) is 0. The second kappa shape index (κ2) is 5.54. The molecule has 1 aliphatic carbocycles. The van der Waals surface area contributed by atoms with Crippen LogP contribution in [0.25, 0.3) is 0 Å². The Bertz CT molecular complexity index is 536. The third kappa shape index (κ3) is 3.21. The second-order valence-electron chi connectivity index (χ2n) is 4.52. The molecule has 0 radical (unpaired) electrons. The van der Waals surface area contributed by atoms with Gasteiger partial charge in [0.15, 0.2) is 0 Å². The highest BCUT2D eigenvalue weighted by molar-refractivity contribution is 7.09. The Morgan fingerprint density at radius 3 is 2.79 bits per heavy atom. The molecule has 3 N–H and O–H groups in total. The fourth-order valence-electron chi connectivity index (χ4n) is 1.73. The Hall–Kier alpha value is -1.66. The van der Waals surface area contributed by atoms with Gasteiger partial charge in [0, 0.05) is 29.7 Å². The average molecular weight is 276 g/mol. The molecule has 0 bridgehead atoms. The van der Waals surface area contributed by atoms with Crippen LogP contribution in [0.5, 0.6) is 5.75 Å². The average Bonchev–Trinajstić information content (AvgIpc) is 3.19. The molecule has 0 amide bonds. The van der Waals surface area contributed by atoms with Gasteiger partial charge in [-0.05, 0) is 37.1 Å². The number of nitrogens with zero attached hydrogens (tertiary/aromatic N) is 2. The highest BCUT2D eigenvalue weighted by atomic mass is 32.1. The predicted octanol–water partition coefficient (Wildman–Crippen LogP) is 2.50. The summed E-state index contributed by atoms with van der Waals surface area (Å²) < 4.78 is 9.79. The van der Waals surface area contributed by atoms with Crippen molar-refractivity contribution in [1.82, 2.24) is 9.36 Å². The molecule has 5 nitrogen and oxygen atoms in total. The zero-order chi connectivity index (χ0) is 13.1. The van der Waals surface area contributed by atoms with Crippen LogP contribution >= 0.6 is 11.5 Å². The maximum Gasteiger partial charge on any atom is 0.207 e. The monoisotopic (exact) mass is 276 g/mol. The standard InChI is InChI=1S/C13H16N4OS/c14-7-8-18-11-5-3-10(4-6-11)15-13-16-12(17-19-13)9-1-2-9/h3-6,9H,1-2,7-8,14H2,(H,15,16,17). The molecule has 19 heavy (non-hydrogen) atoms. The molecule has 1 aromatic heterocycles. The van der Waals surface area contributed by atoms with Gasteiger partial charge in [0.2, 0.25) is 5.13 Å². The summed E-state index contributed by atoms with van der Waals surface area (Å²) in [5.74, 6) is 2.40. The minimum absolute atomic E-state index is 0.523. The Balaban J connectivity index is 1.61. The summed E-state index contributed by atoms with van der Waals surface area (Å²) in [5.41, 5.74) is 6.37. The number of hydrogen-bond donors (Lipinski definition) is 2. The van der Waals surface area contributed by atoms with Crippen LogP contribution in [0.2, 0.25) is 0 Å². The van der Waals surface area contributed by atoms with Crippen molar-refractivity contribution in [3.8, 4) is 5.75 Å². The van der Waals surface area contributed by atoms with E-state index < -0.39 is 0 Å². The van der Waals surface area contributed by atoms with E-state index in [9.17, 15) is 0 Å². The third-order valence-corrected chi connectivity index (χ3v) is 3.52. The number of nitrogens with two attached hydrogens (primary N) is 1. The molecule has 2 aromatic rings. The smallest absolute Gasteiger partial charge is 0.207 e. The van der Waals surface area contributed by atoms with Gasteiger partial charge in [-0.1, -0.05) is 0 Å². The van der Waals surface area contributed by atoms with Crippen molar-refractivity contribution in [2.75, 3.05) is 18.5 Å². The zero-order valence-electron chi connectivity index (χ0n) is 10.5. The summed E-state index contributed by atoms with van der Waals surface area (Å²) in [4.78, 5) is 4.49. The van der Waals surface area contributed by atoms with E-state index in [4.69, 9.17) is 10.5 Å². The van der Waals surface area contributed by atoms with Crippen LogP contribution in [0.4, 0.5) is 10.8 Å². The molecule has 0 unspecified atom stereocenters. The second-order valence-corrected chi connectivity index (χ2v) is 5.27. The number of anilines is 2. The largest absolute Gasteiger partial charge is 0.492 e. The molecule has 1 aromatic carbocycles. The Labute approximate surface area is 116 Å². The lowest BCUT2D eigenvalue weighted by Gasteiger charge is -2.06. The SMILES string of the molecule is NCCOc1ccc(Nc2nc(C3CC3)ns2)cc1. The van der Waals surface area contributed by atoms with Crippen LogP contribution in [0, 0.1) is 0 Å². The topological polar surface area (TPSA) is 73.1 Å². The van der Waals surface area contributed by atoms with Crippen LogP contribution in [-0.2, 0) is 0 Å². The first-order valence-corrected chi connectivity index (χ1v) is 7.16. The molecule has 0 spiro atoms. The van der Waals surface area contributed by atoms with Gasteiger partial charge in [-0.2, -0.15) is 4.37 Å². The summed E-state index contributed by atoms with van der Waals surface area (Å²) >= 11 is 1.41. The van der Waals surface area contributed by atoms with Crippen LogP contribution in [0.3, 0.4) is 0 Å². The molecular weight excluding hydrogens is 260 g/mol. The molecule has 0 atom stereocenters. The van der Waals surface area contributed by atoms with Gasteiger partial charge in [0.25, 0.3) is 0 Å². The van der Waals surface area contributed by atoms with Crippen LogP contribution in [0.1, 0.15) is 24.6 Å². The highest BCUT2D eigenvalue weighted by Gasteiger charge is 2.27. The Morgan fingerprint density at radius 2 is 2.11 bits per heavy atom. The summed E-state index contributed by atoms with van der Waals surface area (Å²) in [5, 5.41) is 4.10. The molecule has 100 valence electrons. The van der Waals surface area contributed by atoms with Crippen molar-refractivity contribution in [2.24, 2.45) is 5.73 Å². The minimum atomic E-state index is 0.523. The predicted molar refractivity (Wildman–Crippen MR) is 76.2 cm³/mol. The zero-order valence-corrected chi connectivity index (χ0v) is 11.3. The number of hydrogen-bond acceptors (Lipinski definition) is 6. The molecule has 3 rings (SSSR count). The van der Waals surface area contributed by atoms with E-state index in [1.807, 2.05) is 24.3 Å². The number of benzene rings is 1. The lowest BCUT2D eigenvalue weighted by atomic mass is 10.3. The summed E-state index contributed by atoms with van der Waals surface area (Å²) in [6, 6.07) is 7.76. The maximum atomic E-state index is 5.43. The van der Waals surface area contributed by atoms with E-state index in [1.165, 1.54) is 24.4 Å². The van der Waals surface area contributed by atoms with E-state index in [0.717, 1.165) is 22.4 Å². The highest BCUT2D eigenvalue weighted by Crippen LogP contribution is 2.39. The van der Waals surface area contributed by atoms with Gasteiger partial charge < -0.3 is 15.8 Å². The first-order chi connectivity index (χ1) is 9.35. The fraction of sp³-hybridized carbons (Fsp3) is 0.385. The van der Waals surface area contributed by atoms with Gasteiger partial charge in [0.05, 0.1) is 0 Å². The third-order valence-electron chi connectivity index (χ3n) is 2.88. The molecule has 1 saturated carbocycles. The number of aromatic nitrogens is 2. The summed E-state index contributed by atoms with van der Waals surface area (Å²) in [6.07, 6.45) is 2.45. The van der Waals surface area contributed by atoms with Crippen LogP contribution < -0.4 is 15.8 Å². The lowest BCUT2D eigenvalue weighted by molar-refractivity contribution is 0.328. The Kier molecular flexibility index (Phi) is 3.61. The van der Waals surface area contributed by atoms with Gasteiger partial charge in [-0.15, -0.1) is 0 Å². The van der Waals surface area contributed by atoms with E-state index >= 15 is 0 Å². The molecule has 0 saturated heterocycles. The van der Waals surface area contributed by atoms with E-state index in [-0.39, 0.29) is 0 Å². The number of rotatable bonds is 6. The van der Waals surface area contributed by atoms with Gasteiger partial charge in [-0.3, -0.25) is 0 Å². The van der Waals surface area contributed by atoms with Crippen molar-refractivity contribution >= 4 is 22.4 Å². The maximum absolute atomic E-state index is 5.43. The first kappa shape index (κ1) is 12.4. The summed E-state index contributed by atoms with van der Waals surface area (Å²) in [6.45, 7) is 1.06. The lowest BCUT2D eigenvalue weighted by Crippen LogP contribution is -2.10. The van der Waals surface area contributed by atoms with Crippen molar-refractivity contribution in [1.29, 1.82) is 0 Å². The number of nitrogens with one attached hydrogen (secondary N) is 1. The molecule has 1 fully saturated rings. The Morgan fingerprint density at radius 1 is 1.32 bits per heavy atom. The fourth-order valence-corrected chi connectivity index (χ4v) is 2.40. The van der Waals surface area contributed by atoms with Crippen LogP contribution in [0.15, 0.2) is 24.3 Å². The van der Waals surface area contributed by atoms with Gasteiger partial charge in [0.1, 0.15) is 18.2 Å². The number of ether oxygens (including phenoxy) is 1. The minimum Gasteiger partial charge on any atom is -0.492 e. The molecule has 1 heterocycles.